The van der Waals surface area contributed by atoms with Crippen molar-refractivity contribution in [1.82, 2.24) is 0 Å². The molecule has 0 aliphatic rings. The van der Waals surface area contributed by atoms with E-state index in [1.165, 1.54) is 6.07 Å². The molecule has 4 heteroatoms. The van der Waals surface area contributed by atoms with E-state index in [2.05, 4.69) is 12.2 Å². The van der Waals surface area contributed by atoms with E-state index in [4.69, 9.17) is 4.74 Å². The molecular weight excluding hydrogens is 260 g/mol. The monoisotopic (exact) mass is 277 g/mol. The molecular formula is C16H17F2NO. The van der Waals surface area contributed by atoms with Gasteiger partial charge in [-0.25, -0.2) is 8.78 Å². The van der Waals surface area contributed by atoms with Gasteiger partial charge in [0.05, 0.1) is 6.61 Å². The van der Waals surface area contributed by atoms with Crippen molar-refractivity contribution < 1.29 is 13.5 Å². The normalized spacial score (nSPS) is 10.3. The summed E-state index contributed by atoms with van der Waals surface area (Å²) in [5.41, 5.74) is 1.59. The lowest BCUT2D eigenvalue weighted by molar-refractivity contribution is 0.317. The van der Waals surface area contributed by atoms with Crippen molar-refractivity contribution in [1.29, 1.82) is 0 Å². The Morgan fingerprint density at radius 2 is 1.75 bits per heavy atom. The molecule has 0 amide bonds. The second-order valence-electron chi connectivity index (χ2n) is 4.47. The molecule has 0 aliphatic heterocycles. The lowest BCUT2D eigenvalue weighted by Gasteiger charge is -2.08. The molecule has 20 heavy (non-hydrogen) atoms. The molecule has 2 nitrogen and oxygen atoms in total. The van der Waals surface area contributed by atoms with E-state index in [0.717, 1.165) is 29.9 Å². The Bertz CT molecular complexity index is 555. The van der Waals surface area contributed by atoms with Crippen molar-refractivity contribution in [3.05, 3.63) is 59.7 Å². The van der Waals surface area contributed by atoms with E-state index in [0.29, 0.717) is 18.8 Å². The molecule has 2 aromatic carbocycles. The first-order valence-electron chi connectivity index (χ1n) is 6.59. The number of anilines is 1. The summed E-state index contributed by atoms with van der Waals surface area (Å²) in [6.07, 6.45) is 0.972. The fraction of sp³-hybridized carbons (Fsp3) is 0.250. The summed E-state index contributed by atoms with van der Waals surface area (Å²) in [4.78, 5) is 0. The van der Waals surface area contributed by atoms with Gasteiger partial charge in [-0.2, -0.15) is 0 Å². The number of nitrogens with one attached hydrogen (secondary N) is 1. The van der Waals surface area contributed by atoms with Gasteiger partial charge in [-0.05, 0) is 36.2 Å². The standard InChI is InChI=1S/C16H17F2NO/c1-2-9-20-14-6-3-12(4-7-14)11-19-13-5-8-15(17)16(18)10-13/h3-8,10,19H,2,9,11H2,1H3. The molecule has 0 heterocycles. The number of hydrogen-bond donors (Lipinski definition) is 1. The second kappa shape index (κ2) is 6.89. The van der Waals surface area contributed by atoms with E-state index in [1.807, 2.05) is 24.3 Å². The van der Waals surface area contributed by atoms with Gasteiger partial charge < -0.3 is 10.1 Å². The molecule has 0 saturated heterocycles. The summed E-state index contributed by atoms with van der Waals surface area (Å²) in [5, 5.41) is 3.04. The summed E-state index contributed by atoms with van der Waals surface area (Å²) in [6, 6.07) is 11.5. The second-order valence-corrected chi connectivity index (χ2v) is 4.47. The van der Waals surface area contributed by atoms with E-state index >= 15 is 0 Å². The van der Waals surface area contributed by atoms with Crippen molar-refractivity contribution in [2.75, 3.05) is 11.9 Å². The highest BCUT2D eigenvalue weighted by molar-refractivity contribution is 5.44. The van der Waals surface area contributed by atoms with Crippen molar-refractivity contribution >= 4 is 5.69 Å². The number of halogens is 2. The topological polar surface area (TPSA) is 21.3 Å². The largest absolute Gasteiger partial charge is 0.494 e. The smallest absolute Gasteiger partial charge is 0.160 e. The highest BCUT2D eigenvalue weighted by Gasteiger charge is 2.02. The Hall–Kier alpha value is -2.10. The first-order chi connectivity index (χ1) is 9.69. The predicted molar refractivity (Wildman–Crippen MR) is 75.9 cm³/mol. The highest BCUT2D eigenvalue weighted by atomic mass is 19.2. The Labute approximate surface area is 117 Å². The Morgan fingerprint density at radius 1 is 1.00 bits per heavy atom. The Balaban J connectivity index is 1.91. The van der Waals surface area contributed by atoms with Crippen LogP contribution >= 0.6 is 0 Å². The minimum atomic E-state index is -0.849. The third-order valence-corrected chi connectivity index (χ3v) is 2.81. The molecule has 0 bridgehead atoms. The van der Waals surface area contributed by atoms with Crippen molar-refractivity contribution in [2.45, 2.75) is 19.9 Å². The van der Waals surface area contributed by atoms with E-state index < -0.39 is 11.6 Å². The van der Waals surface area contributed by atoms with Gasteiger partial charge in [-0.1, -0.05) is 19.1 Å². The number of ether oxygens (including phenoxy) is 1. The van der Waals surface area contributed by atoms with Crippen molar-refractivity contribution in [3.63, 3.8) is 0 Å². The molecule has 0 atom stereocenters. The first-order valence-corrected chi connectivity index (χ1v) is 6.59. The third kappa shape index (κ3) is 3.95. The average molecular weight is 277 g/mol. The first kappa shape index (κ1) is 14.3. The van der Waals surface area contributed by atoms with Gasteiger partial charge in [0.15, 0.2) is 11.6 Å². The zero-order valence-electron chi connectivity index (χ0n) is 11.3. The van der Waals surface area contributed by atoms with Crippen LogP contribution in [0.4, 0.5) is 14.5 Å². The lowest BCUT2D eigenvalue weighted by atomic mass is 10.2. The average Bonchev–Trinajstić information content (AvgIpc) is 2.47. The van der Waals surface area contributed by atoms with Gasteiger partial charge in [0, 0.05) is 18.3 Å². The van der Waals surface area contributed by atoms with Crippen LogP contribution in [-0.2, 0) is 6.54 Å². The van der Waals surface area contributed by atoms with Crippen molar-refractivity contribution in [3.8, 4) is 5.75 Å². The predicted octanol–water partition coefficient (Wildman–Crippen LogP) is 4.37. The van der Waals surface area contributed by atoms with Crippen LogP contribution < -0.4 is 10.1 Å². The SMILES string of the molecule is CCCOc1ccc(CNc2ccc(F)c(F)c2)cc1. The van der Waals surface area contributed by atoms with E-state index in [-0.39, 0.29) is 0 Å². The molecule has 1 N–H and O–H groups in total. The van der Waals surface area contributed by atoms with Gasteiger partial charge in [0.25, 0.3) is 0 Å². The molecule has 2 rings (SSSR count). The molecule has 0 aliphatic carbocycles. The Kier molecular flexibility index (Phi) is 4.93. The summed E-state index contributed by atoms with van der Waals surface area (Å²) >= 11 is 0. The summed E-state index contributed by atoms with van der Waals surface area (Å²) in [6.45, 7) is 3.30. The van der Waals surface area contributed by atoms with Crippen LogP contribution in [0.5, 0.6) is 5.75 Å². The quantitative estimate of drug-likeness (QED) is 0.846. The van der Waals surface area contributed by atoms with Gasteiger partial charge in [0.1, 0.15) is 5.75 Å². The Morgan fingerprint density at radius 3 is 2.40 bits per heavy atom. The van der Waals surface area contributed by atoms with Gasteiger partial charge in [-0.15, -0.1) is 0 Å². The van der Waals surface area contributed by atoms with Crippen LogP contribution in [0.2, 0.25) is 0 Å². The third-order valence-electron chi connectivity index (χ3n) is 2.81. The van der Waals surface area contributed by atoms with Gasteiger partial charge in [0.2, 0.25) is 0 Å². The molecule has 106 valence electrons. The molecule has 0 spiro atoms. The van der Waals surface area contributed by atoms with Crippen LogP contribution in [-0.4, -0.2) is 6.61 Å². The van der Waals surface area contributed by atoms with Crippen LogP contribution in [0.1, 0.15) is 18.9 Å². The number of benzene rings is 2. The van der Waals surface area contributed by atoms with Crippen LogP contribution in [0.3, 0.4) is 0 Å². The van der Waals surface area contributed by atoms with Gasteiger partial charge in [-0.3, -0.25) is 0 Å². The van der Waals surface area contributed by atoms with Crippen LogP contribution in [0, 0.1) is 11.6 Å². The minimum Gasteiger partial charge on any atom is -0.494 e. The maximum absolute atomic E-state index is 13.0. The number of rotatable bonds is 6. The molecule has 2 aromatic rings. The van der Waals surface area contributed by atoms with Crippen molar-refractivity contribution in [2.24, 2.45) is 0 Å². The van der Waals surface area contributed by atoms with Gasteiger partial charge >= 0.3 is 0 Å². The van der Waals surface area contributed by atoms with E-state index in [1.54, 1.807) is 0 Å². The molecule has 0 unspecified atom stereocenters. The fourth-order valence-corrected chi connectivity index (χ4v) is 1.73. The maximum Gasteiger partial charge on any atom is 0.160 e. The molecule has 0 fully saturated rings. The molecule has 0 saturated carbocycles. The zero-order valence-corrected chi connectivity index (χ0v) is 11.3. The molecule has 0 aromatic heterocycles. The minimum absolute atomic E-state index is 0.541. The zero-order chi connectivity index (χ0) is 14.4. The maximum atomic E-state index is 13.0. The van der Waals surface area contributed by atoms with Crippen LogP contribution in [0.25, 0.3) is 0 Å². The highest BCUT2D eigenvalue weighted by Crippen LogP contribution is 2.16. The fourth-order valence-electron chi connectivity index (χ4n) is 1.73. The lowest BCUT2D eigenvalue weighted by Crippen LogP contribution is -2.00. The van der Waals surface area contributed by atoms with E-state index in [9.17, 15) is 8.78 Å². The summed E-state index contributed by atoms with van der Waals surface area (Å²) in [7, 11) is 0. The molecule has 0 radical (unpaired) electrons. The number of hydrogen-bond acceptors (Lipinski definition) is 2. The summed E-state index contributed by atoms with van der Waals surface area (Å²) < 4.78 is 31.3. The summed E-state index contributed by atoms with van der Waals surface area (Å²) in [5.74, 6) is -0.852. The van der Waals surface area contributed by atoms with Crippen LogP contribution in [0.15, 0.2) is 42.5 Å².